The minimum Gasteiger partial charge on any atom is -0.478 e. The van der Waals surface area contributed by atoms with E-state index >= 15 is 0 Å². The SMILES string of the molecule is CC(C)(C)CCS(=O)(=O)Nc1c(Cl)cc(Cl)cc1C(=O)O. The molecule has 0 aliphatic heterocycles. The molecule has 0 radical (unpaired) electrons. The summed E-state index contributed by atoms with van der Waals surface area (Å²) in [6.07, 6.45) is 0.427. The fraction of sp³-hybridized carbons (Fsp3) is 0.462. The number of benzene rings is 1. The van der Waals surface area contributed by atoms with Crippen molar-refractivity contribution < 1.29 is 18.3 Å². The van der Waals surface area contributed by atoms with Crippen molar-refractivity contribution in [2.75, 3.05) is 10.5 Å². The number of aromatic carboxylic acids is 1. The zero-order chi connectivity index (χ0) is 16.4. The van der Waals surface area contributed by atoms with Crippen LogP contribution in [-0.4, -0.2) is 25.2 Å². The highest BCUT2D eigenvalue weighted by atomic mass is 35.5. The molecule has 0 saturated heterocycles. The summed E-state index contributed by atoms with van der Waals surface area (Å²) in [4.78, 5) is 11.2. The lowest BCUT2D eigenvalue weighted by molar-refractivity contribution is 0.0698. The first kappa shape index (κ1) is 18.1. The molecule has 21 heavy (non-hydrogen) atoms. The van der Waals surface area contributed by atoms with Crippen LogP contribution in [0.3, 0.4) is 0 Å². The van der Waals surface area contributed by atoms with Crippen LogP contribution in [0.5, 0.6) is 0 Å². The highest BCUT2D eigenvalue weighted by molar-refractivity contribution is 7.92. The Labute approximate surface area is 134 Å². The fourth-order valence-corrected chi connectivity index (χ4v) is 3.60. The van der Waals surface area contributed by atoms with E-state index in [2.05, 4.69) is 4.72 Å². The molecule has 0 bridgehead atoms. The maximum absolute atomic E-state index is 12.1. The normalized spacial score (nSPS) is 12.2. The maximum Gasteiger partial charge on any atom is 0.337 e. The van der Waals surface area contributed by atoms with Crippen molar-refractivity contribution in [1.82, 2.24) is 0 Å². The number of hydrogen-bond acceptors (Lipinski definition) is 3. The molecule has 8 heteroatoms. The van der Waals surface area contributed by atoms with Crippen molar-refractivity contribution in [2.45, 2.75) is 27.2 Å². The Kier molecular flexibility index (Phi) is 5.52. The second-order valence-corrected chi connectivity index (χ2v) is 8.53. The topological polar surface area (TPSA) is 83.5 Å². The molecule has 0 atom stereocenters. The smallest absolute Gasteiger partial charge is 0.337 e. The third-order valence-electron chi connectivity index (χ3n) is 2.66. The number of halogens is 2. The first-order valence-electron chi connectivity index (χ1n) is 6.14. The summed E-state index contributed by atoms with van der Waals surface area (Å²) in [5.74, 6) is -1.44. The van der Waals surface area contributed by atoms with Gasteiger partial charge in [0.05, 0.1) is 22.0 Å². The van der Waals surface area contributed by atoms with Crippen molar-refractivity contribution in [3.63, 3.8) is 0 Å². The first-order valence-corrected chi connectivity index (χ1v) is 8.55. The summed E-state index contributed by atoms with van der Waals surface area (Å²) in [7, 11) is -3.70. The van der Waals surface area contributed by atoms with E-state index < -0.39 is 16.0 Å². The van der Waals surface area contributed by atoms with Crippen molar-refractivity contribution in [2.24, 2.45) is 5.41 Å². The molecule has 0 aliphatic rings. The highest BCUT2D eigenvalue weighted by Gasteiger charge is 2.22. The Morgan fingerprint density at radius 3 is 2.33 bits per heavy atom. The molecule has 1 aromatic carbocycles. The molecule has 0 aliphatic carbocycles. The van der Waals surface area contributed by atoms with Gasteiger partial charge in [0.15, 0.2) is 0 Å². The van der Waals surface area contributed by atoms with Crippen LogP contribution in [0.1, 0.15) is 37.6 Å². The predicted octanol–water partition coefficient (Wildman–Crippen LogP) is 3.87. The van der Waals surface area contributed by atoms with Gasteiger partial charge in [-0.15, -0.1) is 0 Å². The van der Waals surface area contributed by atoms with Gasteiger partial charge < -0.3 is 5.11 Å². The fourth-order valence-electron chi connectivity index (χ4n) is 1.49. The summed E-state index contributed by atoms with van der Waals surface area (Å²) in [6, 6.07) is 2.44. The van der Waals surface area contributed by atoms with Gasteiger partial charge in [0, 0.05) is 5.02 Å². The van der Waals surface area contributed by atoms with Crippen molar-refractivity contribution >= 4 is 44.9 Å². The van der Waals surface area contributed by atoms with Crippen LogP contribution in [-0.2, 0) is 10.0 Å². The quantitative estimate of drug-likeness (QED) is 0.841. The molecule has 0 fully saturated rings. The van der Waals surface area contributed by atoms with Crippen LogP contribution < -0.4 is 4.72 Å². The lowest BCUT2D eigenvalue weighted by Crippen LogP contribution is -2.22. The minimum absolute atomic E-state index is 0.0563. The summed E-state index contributed by atoms with van der Waals surface area (Å²) in [5, 5.41) is 9.18. The highest BCUT2D eigenvalue weighted by Crippen LogP contribution is 2.31. The van der Waals surface area contributed by atoms with E-state index in [1.165, 1.54) is 6.07 Å². The third kappa shape index (κ3) is 5.73. The molecule has 0 heterocycles. The van der Waals surface area contributed by atoms with Crippen LogP contribution in [0.4, 0.5) is 5.69 Å². The molecule has 1 rings (SSSR count). The van der Waals surface area contributed by atoms with E-state index in [0.29, 0.717) is 6.42 Å². The molecule has 0 amide bonds. The lowest BCUT2D eigenvalue weighted by Gasteiger charge is -2.19. The summed E-state index contributed by atoms with van der Waals surface area (Å²) < 4.78 is 26.4. The average molecular weight is 354 g/mol. The van der Waals surface area contributed by atoms with Gasteiger partial charge in [0.1, 0.15) is 0 Å². The zero-order valence-electron chi connectivity index (χ0n) is 11.9. The van der Waals surface area contributed by atoms with Gasteiger partial charge in [-0.1, -0.05) is 44.0 Å². The first-order chi connectivity index (χ1) is 9.41. The molecule has 5 nitrogen and oxygen atoms in total. The zero-order valence-corrected chi connectivity index (χ0v) is 14.2. The van der Waals surface area contributed by atoms with Crippen LogP contribution >= 0.6 is 23.2 Å². The molecule has 0 aromatic heterocycles. The molecular formula is C13H17Cl2NO4S. The van der Waals surface area contributed by atoms with Gasteiger partial charge in [-0.05, 0) is 24.0 Å². The van der Waals surface area contributed by atoms with E-state index in [1.807, 2.05) is 20.8 Å². The molecule has 118 valence electrons. The largest absolute Gasteiger partial charge is 0.478 e. The standard InChI is InChI=1S/C13H17Cl2NO4S/c1-13(2,3)4-5-21(19,20)16-11-9(12(17)18)6-8(14)7-10(11)15/h6-7,16H,4-5H2,1-3H3,(H,17,18). The van der Waals surface area contributed by atoms with Crippen LogP contribution in [0.2, 0.25) is 10.0 Å². The summed E-state index contributed by atoms with van der Waals surface area (Å²) in [6.45, 7) is 5.75. The van der Waals surface area contributed by atoms with Gasteiger partial charge in [-0.3, -0.25) is 4.72 Å². The summed E-state index contributed by atoms with van der Waals surface area (Å²) in [5.41, 5.74) is -0.608. The Morgan fingerprint density at radius 1 is 1.29 bits per heavy atom. The maximum atomic E-state index is 12.1. The minimum atomic E-state index is -3.70. The number of carboxylic acid groups (broad SMARTS) is 1. The van der Waals surface area contributed by atoms with Gasteiger partial charge in [-0.25, -0.2) is 13.2 Å². The van der Waals surface area contributed by atoms with Gasteiger partial charge in [0.25, 0.3) is 0 Å². The van der Waals surface area contributed by atoms with Crippen LogP contribution in [0.25, 0.3) is 0 Å². The van der Waals surface area contributed by atoms with Gasteiger partial charge in [-0.2, -0.15) is 0 Å². The monoisotopic (exact) mass is 353 g/mol. The number of sulfonamides is 1. The van der Waals surface area contributed by atoms with E-state index in [-0.39, 0.29) is 32.5 Å². The van der Waals surface area contributed by atoms with Gasteiger partial charge >= 0.3 is 5.97 Å². The number of anilines is 1. The number of nitrogens with one attached hydrogen (secondary N) is 1. The van der Waals surface area contributed by atoms with Crippen LogP contribution in [0.15, 0.2) is 12.1 Å². The predicted molar refractivity (Wildman–Crippen MR) is 84.9 cm³/mol. The molecular weight excluding hydrogens is 337 g/mol. The molecule has 2 N–H and O–H groups in total. The third-order valence-corrected chi connectivity index (χ3v) is 4.44. The van der Waals surface area contributed by atoms with Crippen molar-refractivity contribution in [3.8, 4) is 0 Å². The second-order valence-electron chi connectivity index (χ2n) is 5.85. The molecule has 1 aromatic rings. The Bertz CT molecular complexity index is 651. The molecule has 0 unspecified atom stereocenters. The van der Waals surface area contributed by atoms with Crippen molar-refractivity contribution in [3.05, 3.63) is 27.7 Å². The van der Waals surface area contributed by atoms with Crippen LogP contribution in [0, 0.1) is 5.41 Å². The van der Waals surface area contributed by atoms with Crippen molar-refractivity contribution in [1.29, 1.82) is 0 Å². The Balaban J connectivity index is 3.10. The summed E-state index contributed by atoms with van der Waals surface area (Å²) >= 11 is 11.6. The number of rotatable bonds is 5. The van der Waals surface area contributed by atoms with E-state index in [1.54, 1.807) is 0 Å². The second kappa shape index (κ2) is 6.42. The molecule has 0 saturated carbocycles. The number of carboxylic acids is 1. The number of hydrogen-bond donors (Lipinski definition) is 2. The average Bonchev–Trinajstić information content (AvgIpc) is 2.29. The van der Waals surface area contributed by atoms with E-state index in [4.69, 9.17) is 28.3 Å². The van der Waals surface area contributed by atoms with E-state index in [0.717, 1.165) is 6.07 Å². The lowest BCUT2D eigenvalue weighted by atomic mass is 9.94. The number of carbonyl (C=O) groups is 1. The van der Waals surface area contributed by atoms with E-state index in [9.17, 15) is 13.2 Å². The molecule has 0 spiro atoms. The Morgan fingerprint density at radius 2 is 1.86 bits per heavy atom. The van der Waals surface area contributed by atoms with Gasteiger partial charge in [0.2, 0.25) is 10.0 Å². The Hall–Kier alpha value is -0.980.